The molecule has 1 saturated carbocycles. The molecule has 0 bridgehead atoms. The summed E-state index contributed by atoms with van der Waals surface area (Å²) in [6.07, 6.45) is 25.2. The van der Waals surface area contributed by atoms with Crippen LogP contribution in [-0.2, 0) is 6.42 Å². The summed E-state index contributed by atoms with van der Waals surface area (Å²) in [5, 5.41) is 2.11. The van der Waals surface area contributed by atoms with Crippen LogP contribution in [0.5, 0.6) is 0 Å². The first-order chi connectivity index (χ1) is 19.6. The second-order valence-corrected chi connectivity index (χ2v) is 12.6. The van der Waals surface area contributed by atoms with E-state index in [4.69, 9.17) is 4.42 Å². The molecule has 0 atom stereocenters. The third-order valence-corrected chi connectivity index (χ3v) is 9.51. The molecule has 3 heteroatoms. The van der Waals surface area contributed by atoms with E-state index in [1.807, 2.05) is 24.3 Å². The number of hydrogen-bond acceptors (Lipinski definition) is 2. The molecule has 1 aromatic heterocycles. The number of halogens is 1. The highest BCUT2D eigenvalue weighted by molar-refractivity contribution is 6.04. The molecule has 1 fully saturated rings. The number of hydrogen-bond donors (Lipinski definition) is 0. The molecule has 0 aliphatic heterocycles. The van der Waals surface area contributed by atoms with Crippen molar-refractivity contribution in [3.05, 3.63) is 57.7 Å². The predicted octanol–water partition coefficient (Wildman–Crippen LogP) is 11.8. The number of unbranched alkanes of at least 4 members (excludes halogenated alkanes) is 12. The van der Waals surface area contributed by atoms with Crippen molar-refractivity contribution in [3.8, 4) is 0 Å². The molecular formula is C37H53FO2. The van der Waals surface area contributed by atoms with Gasteiger partial charge >= 0.3 is 5.63 Å². The van der Waals surface area contributed by atoms with Gasteiger partial charge in [0.25, 0.3) is 0 Å². The third kappa shape index (κ3) is 8.43. The summed E-state index contributed by atoms with van der Waals surface area (Å²) in [5.41, 5.74) is 1.61. The summed E-state index contributed by atoms with van der Waals surface area (Å²) < 4.78 is 21.0. The van der Waals surface area contributed by atoms with Crippen molar-refractivity contribution in [3.63, 3.8) is 0 Å². The lowest BCUT2D eigenvalue weighted by molar-refractivity contribution is 0.302. The van der Waals surface area contributed by atoms with Crippen molar-refractivity contribution >= 4 is 21.7 Å². The van der Waals surface area contributed by atoms with E-state index >= 15 is 4.39 Å². The second-order valence-electron chi connectivity index (χ2n) is 12.6. The van der Waals surface area contributed by atoms with Crippen molar-refractivity contribution in [1.82, 2.24) is 0 Å². The van der Waals surface area contributed by atoms with Gasteiger partial charge in [0, 0.05) is 10.8 Å². The van der Waals surface area contributed by atoms with Gasteiger partial charge in [-0.25, -0.2) is 9.18 Å². The minimum absolute atomic E-state index is 0.121. The van der Waals surface area contributed by atoms with Gasteiger partial charge in [-0.2, -0.15) is 0 Å². The maximum atomic E-state index is 15.4. The standard InChI is InChI=1S/C37H53FO2/c1-3-5-7-9-11-12-13-15-17-28-19-21-29(22-20-28)31-24-25-32-33-26-23-30(18-16-14-10-8-6-4-2)35(38)36(33)40-37(39)34(32)27-31/h23-29H,3-22H2,1-2H3. The van der Waals surface area contributed by atoms with E-state index in [0.717, 1.165) is 24.1 Å². The fourth-order valence-electron chi connectivity index (χ4n) is 6.92. The Hall–Kier alpha value is -2.16. The number of benzene rings is 2. The maximum Gasteiger partial charge on any atom is 0.344 e. The summed E-state index contributed by atoms with van der Waals surface area (Å²) >= 11 is 0. The number of rotatable bonds is 17. The van der Waals surface area contributed by atoms with Crippen molar-refractivity contribution in [2.24, 2.45) is 5.92 Å². The first kappa shape index (κ1) is 30.8. The first-order valence-electron chi connectivity index (χ1n) is 16.8. The molecule has 0 radical (unpaired) electrons. The molecule has 0 saturated heterocycles. The molecule has 3 aromatic rings. The Labute approximate surface area is 242 Å². The molecule has 2 aromatic carbocycles. The summed E-state index contributed by atoms with van der Waals surface area (Å²) in [4.78, 5) is 13.0. The number of aryl methyl sites for hydroxylation is 1. The summed E-state index contributed by atoms with van der Waals surface area (Å²) in [7, 11) is 0. The topological polar surface area (TPSA) is 30.2 Å². The SMILES string of the molecule is CCCCCCCCCCC1CCC(c2ccc3c(c2)c(=O)oc2c(F)c(CCCCCCCC)ccc23)CC1. The molecule has 0 N–H and O–H groups in total. The van der Waals surface area contributed by atoms with Crippen LogP contribution in [0.15, 0.2) is 39.5 Å². The predicted molar refractivity (Wildman–Crippen MR) is 169 cm³/mol. The second kappa shape index (κ2) is 16.3. The van der Waals surface area contributed by atoms with Crippen LogP contribution in [0.25, 0.3) is 21.7 Å². The molecule has 0 spiro atoms. The van der Waals surface area contributed by atoms with Crippen molar-refractivity contribution < 1.29 is 8.81 Å². The molecule has 4 rings (SSSR count). The van der Waals surface area contributed by atoms with Gasteiger partial charge in [0.2, 0.25) is 0 Å². The fraction of sp³-hybridized carbons (Fsp3) is 0.649. The van der Waals surface area contributed by atoms with Crippen LogP contribution in [-0.4, -0.2) is 0 Å². The highest BCUT2D eigenvalue weighted by Gasteiger charge is 2.23. The quantitative estimate of drug-likeness (QED) is 0.0954. The van der Waals surface area contributed by atoms with Gasteiger partial charge in [-0.3, -0.25) is 0 Å². The average Bonchev–Trinajstić information content (AvgIpc) is 2.98. The van der Waals surface area contributed by atoms with Gasteiger partial charge < -0.3 is 4.42 Å². The van der Waals surface area contributed by atoms with Gasteiger partial charge in [-0.15, -0.1) is 0 Å². The van der Waals surface area contributed by atoms with Crippen molar-refractivity contribution in [1.29, 1.82) is 0 Å². The lowest BCUT2D eigenvalue weighted by atomic mass is 9.76. The Bertz CT molecular complexity index is 1230. The van der Waals surface area contributed by atoms with Crippen LogP contribution in [0.2, 0.25) is 0 Å². The van der Waals surface area contributed by atoms with Gasteiger partial charge in [-0.05, 0) is 67.6 Å². The van der Waals surface area contributed by atoms with Crippen molar-refractivity contribution in [2.75, 3.05) is 0 Å². The first-order valence-corrected chi connectivity index (χ1v) is 16.8. The van der Waals surface area contributed by atoms with E-state index in [9.17, 15) is 4.79 Å². The van der Waals surface area contributed by atoms with E-state index in [0.29, 0.717) is 28.7 Å². The van der Waals surface area contributed by atoms with Gasteiger partial charge in [0.05, 0.1) is 5.39 Å². The molecular weight excluding hydrogens is 495 g/mol. The van der Waals surface area contributed by atoms with Crippen LogP contribution < -0.4 is 5.63 Å². The minimum Gasteiger partial charge on any atom is -0.419 e. The Balaban J connectivity index is 1.32. The molecule has 0 unspecified atom stereocenters. The zero-order valence-corrected chi connectivity index (χ0v) is 25.4. The zero-order valence-electron chi connectivity index (χ0n) is 25.4. The fourth-order valence-corrected chi connectivity index (χ4v) is 6.92. The largest absolute Gasteiger partial charge is 0.419 e. The van der Waals surface area contributed by atoms with Crippen LogP contribution in [0, 0.1) is 11.7 Å². The Morgan fingerprint density at radius 2 is 1.30 bits per heavy atom. The van der Waals surface area contributed by atoms with E-state index in [1.165, 1.54) is 115 Å². The van der Waals surface area contributed by atoms with Crippen LogP contribution in [0.3, 0.4) is 0 Å². The number of fused-ring (bicyclic) bond motifs is 3. The summed E-state index contributed by atoms with van der Waals surface area (Å²) in [5.74, 6) is 1.01. The Kier molecular flexibility index (Phi) is 12.6. The summed E-state index contributed by atoms with van der Waals surface area (Å²) in [6.45, 7) is 4.49. The van der Waals surface area contributed by atoms with Crippen LogP contribution >= 0.6 is 0 Å². The van der Waals surface area contributed by atoms with Crippen molar-refractivity contribution in [2.45, 2.75) is 148 Å². The van der Waals surface area contributed by atoms with E-state index < -0.39 is 5.63 Å². The Morgan fingerprint density at radius 3 is 1.98 bits per heavy atom. The lowest BCUT2D eigenvalue weighted by Crippen LogP contribution is -2.14. The lowest BCUT2D eigenvalue weighted by Gasteiger charge is -2.29. The van der Waals surface area contributed by atoms with Gasteiger partial charge in [0.1, 0.15) is 0 Å². The molecule has 1 aliphatic carbocycles. The zero-order chi connectivity index (χ0) is 28.2. The molecule has 220 valence electrons. The molecule has 0 amide bonds. The van der Waals surface area contributed by atoms with Crippen LogP contribution in [0.1, 0.15) is 153 Å². The minimum atomic E-state index is -0.414. The summed E-state index contributed by atoms with van der Waals surface area (Å²) in [6, 6.07) is 10.1. The third-order valence-electron chi connectivity index (χ3n) is 9.51. The smallest absolute Gasteiger partial charge is 0.344 e. The van der Waals surface area contributed by atoms with Crippen LogP contribution in [0.4, 0.5) is 4.39 Å². The van der Waals surface area contributed by atoms with Gasteiger partial charge in [-0.1, -0.05) is 128 Å². The average molecular weight is 549 g/mol. The monoisotopic (exact) mass is 548 g/mol. The van der Waals surface area contributed by atoms with E-state index in [2.05, 4.69) is 19.9 Å². The maximum absolute atomic E-state index is 15.4. The molecule has 2 nitrogen and oxygen atoms in total. The Morgan fingerprint density at radius 1 is 0.700 bits per heavy atom. The molecule has 1 heterocycles. The molecule has 40 heavy (non-hydrogen) atoms. The van der Waals surface area contributed by atoms with E-state index in [1.54, 1.807) is 0 Å². The normalized spacial score (nSPS) is 17.7. The molecule has 1 aliphatic rings. The van der Waals surface area contributed by atoms with Gasteiger partial charge in [0.15, 0.2) is 11.4 Å². The highest BCUT2D eigenvalue weighted by Crippen LogP contribution is 2.39. The van der Waals surface area contributed by atoms with E-state index in [-0.39, 0.29) is 11.4 Å². The highest BCUT2D eigenvalue weighted by atomic mass is 19.1.